The Labute approximate surface area is 95.3 Å². The second-order valence-electron chi connectivity index (χ2n) is 2.95. The van der Waals surface area contributed by atoms with Crippen molar-refractivity contribution in [2.75, 3.05) is 5.32 Å². The molecule has 0 atom stereocenters. The number of halogens is 1. The first-order valence-electron chi connectivity index (χ1n) is 4.40. The van der Waals surface area contributed by atoms with Crippen molar-refractivity contribution in [2.45, 2.75) is 6.92 Å². The van der Waals surface area contributed by atoms with Crippen LogP contribution in [0, 0.1) is 11.4 Å². The Morgan fingerprint density at radius 1 is 1.53 bits per heavy atom. The molecule has 1 aromatic heterocycles. The minimum absolute atomic E-state index is 0.154. The van der Waals surface area contributed by atoms with Crippen LogP contribution in [0.15, 0.2) is 12.1 Å². The number of nitrogens with two attached hydrogens (primary N) is 1. The van der Waals surface area contributed by atoms with E-state index in [1.54, 1.807) is 0 Å². The lowest BCUT2D eigenvalue weighted by atomic mass is 10.2. The van der Waals surface area contributed by atoms with Crippen molar-refractivity contribution >= 4 is 23.7 Å². The van der Waals surface area contributed by atoms with E-state index in [0.29, 0.717) is 0 Å². The van der Waals surface area contributed by atoms with Crippen LogP contribution in [-0.2, 0) is 9.53 Å². The number of anilines is 1. The Bertz CT molecular complexity index is 489. The average Bonchev–Trinajstić information content (AvgIpc) is 2.15. The lowest BCUT2D eigenvalue weighted by Gasteiger charge is -2.05. The molecule has 0 aromatic carbocycles. The lowest BCUT2D eigenvalue weighted by molar-refractivity contribution is -0.134. The molecule has 1 heterocycles. The maximum Gasteiger partial charge on any atom is 0.420 e. The Kier molecular flexibility index (Phi) is 3.70. The monoisotopic (exact) mass is 240 g/mol. The van der Waals surface area contributed by atoms with Crippen molar-refractivity contribution < 1.29 is 18.7 Å². The number of carbonyl (C=O) groups is 2. The Hall–Kier alpha value is -2.51. The molecular formula is C9H9FN4O3. The Morgan fingerprint density at radius 2 is 2.18 bits per heavy atom. The molecule has 0 aliphatic carbocycles. The first kappa shape index (κ1) is 12.6. The van der Waals surface area contributed by atoms with Gasteiger partial charge >= 0.3 is 12.1 Å². The number of rotatable bonds is 2. The van der Waals surface area contributed by atoms with Crippen molar-refractivity contribution in [1.82, 2.24) is 4.98 Å². The number of carbonyl (C=O) groups excluding carboxylic acids is 2. The van der Waals surface area contributed by atoms with E-state index >= 15 is 0 Å². The Balaban J connectivity index is 2.81. The normalized spacial score (nSPS) is 9.53. The van der Waals surface area contributed by atoms with Crippen LogP contribution in [0.25, 0.3) is 0 Å². The molecule has 90 valence electrons. The maximum absolute atomic E-state index is 13.2. The summed E-state index contributed by atoms with van der Waals surface area (Å²) in [5.74, 6) is -2.44. The van der Waals surface area contributed by atoms with Crippen molar-refractivity contribution in [1.29, 1.82) is 5.41 Å². The number of nitrogens with one attached hydrogen (secondary N) is 2. The summed E-state index contributed by atoms with van der Waals surface area (Å²) in [5, 5.41) is 9.06. The third-order valence-corrected chi connectivity index (χ3v) is 1.61. The number of nitrogen functional groups attached to an aromatic ring is 1. The van der Waals surface area contributed by atoms with E-state index in [1.165, 1.54) is 12.1 Å². The van der Waals surface area contributed by atoms with E-state index in [9.17, 15) is 14.0 Å². The third kappa shape index (κ3) is 3.52. The zero-order valence-electron chi connectivity index (χ0n) is 8.78. The van der Waals surface area contributed by atoms with Gasteiger partial charge in [-0.05, 0) is 12.1 Å². The summed E-state index contributed by atoms with van der Waals surface area (Å²) in [5.41, 5.74) is 4.89. The van der Waals surface area contributed by atoms with Gasteiger partial charge in [0, 0.05) is 6.92 Å². The van der Waals surface area contributed by atoms with E-state index in [-0.39, 0.29) is 11.4 Å². The van der Waals surface area contributed by atoms with E-state index in [2.05, 4.69) is 9.72 Å². The SMILES string of the molecule is CC(=O)OC(=O)Nc1ccc(C(=N)N)c(F)n1. The quantitative estimate of drug-likeness (QED) is 0.230. The van der Waals surface area contributed by atoms with Gasteiger partial charge in [0.25, 0.3) is 0 Å². The molecule has 0 saturated heterocycles. The molecule has 17 heavy (non-hydrogen) atoms. The summed E-state index contributed by atoms with van der Waals surface area (Å²) in [4.78, 5) is 24.7. The predicted octanol–water partition coefficient (Wildman–Crippen LogP) is 0.600. The van der Waals surface area contributed by atoms with Crippen LogP contribution >= 0.6 is 0 Å². The molecule has 0 fully saturated rings. The second kappa shape index (κ2) is 5.01. The molecule has 0 unspecified atom stereocenters. The van der Waals surface area contributed by atoms with Crippen LogP contribution < -0.4 is 11.1 Å². The average molecular weight is 240 g/mol. The van der Waals surface area contributed by atoms with Crippen LogP contribution in [0.5, 0.6) is 0 Å². The summed E-state index contributed by atoms with van der Waals surface area (Å²) in [6, 6.07) is 2.40. The largest absolute Gasteiger partial charge is 0.420 e. The van der Waals surface area contributed by atoms with E-state index < -0.39 is 23.8 Å². The molecular weight excluding hydrogens is 231 g/mol. The summed E-state index contributed by atoms with van der Waals surface area (Å²) in [6.07, 6.45) is -1.07. The van der Waals surface area contributed by atoms with E-state index in [1.807, 2.05) is 5.32 Å². The molecule has 4 N–H and O–H groups in total. The van der Waals surface area contributed by atoms with Crippen molar-refractivity contribution in [3.05, 3.63) is 23.6 Å². The van der Waals surface area contributed by atoms with Crippen LogP contribution in [0.4, 0.5) is 15.0 Å². The topological polar surface area (TPSA) is 118 Å². The molecule has 1 amide bonds. The van der Waals surface area contributed by atoms with E-state index in [4.69, 9.17) is 11.1 Å². The number of nitrogens with zero attached hydrogens (tertiary/aromatic N) is 1. The first-order valence-corrected chi connectivity index (χ1v) is 4.40. The fourth-order valence-corrected chi connectivity index (χ4v) is 0.965. The minimum Gasteiger partial charge on any atom is -0.384 e. The molecule has 0 saturated carbocycles. The summed E-state index contributed by atoms with van der Waals surface area (Å²) >= 11 is 0. The van der Waals surface area contributed by atoms with Gasteiger partial charge < -0.3 is 10.5 Å². The molecule has 1 aromatic rings. The van der Waals surface area contributed by atoms with Crippen LogP contribution in [0.3, 0.4) is 0 Å². The fraction of sp³-hybridized carbons (Fsp3) is 0.111. The molecule has 1 rings (SSSR count). The zero-order valence-corrected chi connectivity index (χ0v) is 8.78. The summed E-state index contributed by atoms with van der Waals surface area (Å²) in [7, 11) is 0. The maximum atomic E-state index is 13.2. The number of hydrogen-bond acceptors (Lipinski definition) is 5. The van der Waals surface area contributed by atoms with Gasteiger partial charge in [0.15, 0.2) is 0 Å². The fourth-order valence-electron chi connectivity index (χ4n) is 0.965. The van der Waals surface area contributed by atoms with Crippen LogP contribution in [0.2, 0.25) is 0 Å². The number of esters is 1. The standard InChI is InChI=1S/C9H9FN4O3/c1-4(15)17-9(16)14-6-3-2-5(8(11)12)7(10)13-6/h2-3H,1H3,(H3,11,12)(H,13,14,16). The minimum atomic E-state index is -1.07. The van der Waals surface area contributed by atoms with Gasteiger partial charge in [-0.25, -0.2) is 9.78 Å². The number of amides is 1. The number of amidine groups is 1. The van der Waals surface area contributed by atoms with Gasteiger partial charge in [-0.2, -0.15) is 4.39 Å². The lowest BCUT2D eigenvalue weighted by Crippen LogP contribution is -2.19. The molecule has 8 heteroatoms. The van der Waals surface area contributed by atoms with Crippen molar-refractivity contribution in [3.8, 4) is 0 Å². The highest BCUT2D eigenvalue weighted by Gasteiger charge is 2.11. The molecule has 0 aliphatic rings. The highest BCUT2D eigenvalue weighted by atomic mass is 19.1. The predicted molar refractivity (Wildman–Crippen MR) is 56.0 cm³/mol. The molecule has 0 spiro atoms. The van der Waals surface area contributed by atoms with Gasteiger partial charge in [0.1, 0.15) is 11.7 Å². The third-order valence-electron chi connectivity index (χ3n) is 1.61. The van der Waals surface area contributed by atoms with E-state index in [0.717, 1.165) is 6.92 Å². The number of aromatic nitrogens is 1. The molecule has 0 radical (unpaired) electrons. The summed E-state index contributed by atoms with van der Waals surface area (Å²) < 4.78 is 17.4. The Morgan fingerprint density at radius 3 is 2.65 bits per heavy atom. The van der Waals surface area contributed by atoms with Crippen LogP contribution in [-0.4, -0.2) is 22.9 Å². The number of pyridine rings is 1. The van der Waals surface area contributed by atoms with Gasteiger partial charge in [-0.15, -0.1) is 0 Å². The molecule has 0 aliphatic heterocycles. The molecule has 7 nitrogen and oxygen atoms in total. The van der Waals surface area contributed by atoms with Crippen molar-refractivity contribution in [2.24, 2.45) is 5.73 Å². The first-order chi connectivity index (χ1) is 7.90. The zero-order chi connectivity index (χ0) is 13.0. The summed E-state index contributed by atoms with van der Waals surface area (Å²) in [6.45, 7) is 1.05. The smallest absolute Gasteiger partial charge is 0.384 e. The van der Waals surface area contributed by atoms with Gasteiger partial charge in [0.2, 0.25) is 5.95 Å². The van der Waals surface area contributed by atoms with Gasteiger partial charge in [-0.3, -0.25) is 15.5 Å². The number of hydrogen-bond donors (Lipinski definition) is 3. The van der Waals surface area contributed by atoms with Gasteiger partial charge in [-0.1, -0.05) is 0 Å². The highest BCUT2D eigenvalue weighted by molar-refractivity contribution is 5.95. The second-order valence-corrected chi connectivity index (χ2v) is 2.95. The highest BCUT2D eigenvalue weighted by Crippen LogP contribution is 2.09. The van der Waals surface area contributed by atoms with Gasteiger partial charge in [0.05, 0.1) is 5.56 Å². The number of ether oxygens (including phenoxy) is 1. The molecule has 0 bridgehead atoms. The van der Waals surface area contributed by atoms with Crippen molar-refractivity contribution in [3.63, 3.8) is 0 Å². The van der Waals surface area contributed by atoms with Crippen LogP contribution in [0.1, 0.15) is 12.5 Å².